The van der Waals surface area contributed by atoms with Gasteiger partial charge in [-0.05, 0) is 50.4 Å². The van der Waals surface area contributed by atoms with Crippen molar-refractivity contribution in [3.63, 3.8) is 0 Å². The molecule has 0 saturated carbocycles. The lowest BCUT2D eigenvalue weighted by molar-refractivity contribution is -0.138. The zero-order valence-corrected chi connectivity index (χ0v) is 11.5. The molecule has 0 spiro atoms. The highest BCUT2D eigenvalue weighted by atomic mass is 19.1. The van der Waals surface area contributed by atoms with Crippen LogP contribution in [0.25, 0.3) is 0 Å². The number of rotatable bonds is 4. The number of halogens is 2. The van der Waals surface area contributed by atoms with E-state index in [1.54, 1.807) is 0 Å². The van der Waals surface area contributed by atoms with Gasteiger partial charge in [0.25, 0.3) is 0 Å². The second kappa shape index (κ2) is 6.31. The SMILES string of the molecule is CC(c1cc(F)ccc1F)N1CCCC(CC(=O)O)C1. The van der Waals surface area contributed by atoms with Crippen molar-refractivity contribution in [2.24, 2.45) is 5.92 Å². The Labute approximate surface area is 117 Å². The number of carboxylic acid groups (broad SMARTS) is 1. The Morgan fingerprint density at radius 1 is 1.50 bits per heavy atom. The molecule has 1 aromatic rings. The molecule has 1 aliphatic heterocycles. The van der Waals surface area contributed by atoms with E-state index in [4.69, 9.17) is 5.11 Å². The fourth-order valence-electron chi connectivity index (χ4n) is 2.89. The molecule has 0 bridgehead atoms. The average molecular weight is 283 g/mol. The molecule has 1 N–H and O–H groups in total. The maximum atomic E-state index is 13.8. The van der Waals surface area contributed by atoms with E-state index in [1.807, 2.05) is 11.8 Å². The van der Waals surface area contributed by atoms with Gasteiger partial charge in [-0.3, -0.25) is 9.69 Å². The largest absolute Gasteiger partial charge is 0.481 e. The minimum absolute atomic E-state index is 0.0836. The summed E-state index contributed by atoms with van der Waals surface area (Å²) in [6.45, 7) is 3.23. The summed E-state index contributed by atoms with van der Waals surface area (Å²) in [4.78, 5) is 12.8. The summed E-state index contributed by atoms with van der Waals surface area (Å²) in [7, 11) is 0. The average Bonchev–Trinajstić information content (AvgIpc) is 2.40. The normalized spacial score (nSPS) is 21.6. The minimum atomic E-state index is -0.804. The van der Waals surface area contributed by atoms with Gasteiger partial charge in [0.05, 0.1) is 0 Å². The monoisotopic (exact) mass is 283 g/mol. The predicted molar refractivity (Wildman–Crippen MR) is 71.3 cm³/mol. The van der Waals surface area contributed by atoms with Crippen LogP contribution in [0.2, 0.25) is 0 Å². The van der Waals surface area contributed by atoms with Crippen molar-refractivity contribution in [2.75, 3.05) is 13.1 Å². The molecule has 110 valence electrons. The van der Waals surface area contributed by atoms with Crippen molar-refractivity contribution in [3.8, 4) is 0 Å². The topological polar surface area (TPSA) is 40.5 Å². The summed E-state index contributed by atoms with van der Waals surface area (Å²) >= 11 is 0. The maximum absolute atomic E-state index is 13.8. The van der Waals surface area contributed by atoms with Crippen LogP contribution in [0.1, 0.15) is 37.8 Å². The van der Waals surface area contributed by atoms with Crippen molar-refractivity contribution in [1.29, 1.82) is 0 Å². The number of nitrogens with zero attached hydrogens (tertiary/aromatic N) is 1. The summed E-state index contributed by atoms with van der Waals surface area (Å²) in [5.41, 5.74) is 0.334. The molecule has 0 aliphatic carbocycles. The number of likely N-dealkylation sites (tertiary alicyclic amines) is 1. The second-order valence-corrected chi connectivity index (χ2v) is 5.44. The van der Waals surface area contributed by atoms with E-state index in [0.29, 0.717) is 12.1 Å². The molecule has 1 fully saturated rings. The summed E-state index contributed by atoms with van der Waals surface area (Å²) < 4.78 is 27.1. The molecular formula is C15H19F2NO2. The van der Waals surface area contributed by atoms with Crippen molar-refractivity contribution < 1.29 is 18.7 Å². The smallest absolute Gasteiger partial charge is 0.303 e. The number of aliphatic carboxylic acids is 1. The van der Waals surface area contributed by atoms with Crippen LogP contribution in [0, 0.1) is 17.6 Å². The molecule has 2 atom stereocenters. The molecule has 20 heavy (non-hydrogen) atoms. The lowest BCUT2D eigenvalue weighted by Crippen LogP contribution is -2.38. The van der Waals surface area contributed by atoms with E-state index in [2.05, 4.69) is 0 Å². The molecule has 2 rings (SSSR count). The van der Waals surface area contributed by atoms with Crippen LogP contribution in [-0.2, 0) is 4.79 Å². The number of hydrogen-bond donors (Lipinski definition) is 1. The Hall–Kier alpha value is -1.49. The molecule has 1 aromatic carbocycles. The highest BCUT2D eigenvalue weighted by Gasteiger charge is 2.27. The van der Waals surface area contributed by atoms with Crippen LogP contribution in [0.15, 0.2) is 18.2 Å². The summed E-state index contributed by atoms with van der Waals surface area (Å²) in [5.74, 6) is -1.59. The summed E-state index contributed by atoms with van der Waals surface area (Å²) in [6.07, 6.45) is 1.90. The van der Waals surface area contributed by atoms with Gasteiger partial charge in [0.1, 0.15) is 11.6 Å². The van der Waals surface area contributed by atoms with E-state index in [1.165, 1.54) is 6.07 Å². The first-order valence-corrected chi connectivity index (χ1v) is 6.88. The number of piperidine rings is 1. The van der Waals surface area contributed by atoms with Crippen LogP contribution in [0.5, 0.6) is 0 Å². The van der Waals surface area contributed by atoms with Gasteiger partial charge in [-0.25, -0.2) is 8.78 Å². The van der Waals surface area contributed by atoms with E-state index >= 15 is 0 Å². The molecule has 3 nitrogen and oxygen atoms in total. The van der Waals surface area contributed by atoms with Crippen LogP contribution in [-0.4, -0.2) is 29.1 Å². The van der Waals surface area contributed by atoms with E-state index < -0.39 is 17.6 Å². The van der Waals surface area contributed by atoms with Gasteiger partial charge in [0, 0.05) is 24.6 Å². The van der Waals surface area contributed by atoms with Crippen LogP contribution < -0.4 is 0 Å². The van der Waals surface area contributed by atoms with Crippen LogP contribution in [0.4, 0.5) is 8.78 Å². The second-order valence-electron chi connectivity index (χ2n) is 5.44. The van der Waals surface area contributed by atoms with Crippen LogP contribution in [0.3, 0.4) is 0 Å². The zero-order valence-electron chi connectivity index (χ0n) is 11.5. The fraction of sp³-hybridized carbons (Fsp3) is 0.533. The molecule has 0 aromatic heterocycles. The predicted octanol–water partition coefficient (Wildman–Crippen LogP) is 3.21. The first-order chi connectivity index (χ1) is 9.47. The van der Waals surface area contributed by atoms with E-state index in [9.17, 15) is 13.6 Å². The van der Waals surface area contributed by atoms with E-state index in [-0.39, 0.29) is 18.4 Å². The highest BCUT2D eigenvalue weighted by molar-refractivity contribution is 5.67. The molecular weight excluding hydrogens is 264 g/mol. The van der Waals surface area contributed by atoms with Gasteiger partial charge in [-0.2, -0.15) is 0 Å². The van der Waals surface area contributed by atoms with Gasteiger partial charge in [0.15, 0.2) is 0 Å². The van der Waals surface area contributed by atoms with Crippen molar-refractivity contribution in [2.45, 2.75) is 32.2 Å². The van der Waals surface area contributed by atoms with Crippen LogP contribution >= 0.6 is 0 Å². The first kappa shape index (κ1) is 14.9. The molecule has 1 saturated heterocycles. The third kappa shape index (κ3) is 3.54. The van der Waals surface area contributed by atoms with Gasteiger partial charge in [0.2, 0.25) is 0 Å². The molecule has 5 heteroatoms. The number of benzene rings is 1. The number of hydrogen-bond acceptors (Lipinski definition) is 2. The molecule has 0 amide bonds. The van der Waals surface area contributed by atoms with Gasteiger partial charge in [-0.15, -0.1) is 0 Å². The third-order valence-corrected chi connectivity index (χ3v) is 3.97. The molecule has 1 aliphatic rings. The standard InChI is InChI=1S/C15H19F2NO2/c1-10(13-8-12(16)4-5-14(13)17)18-6-2-3-11(9-18)7-15(19)20/h4-5,8,10-11H,2-3,6-7,9H2,1H3,(H,19,20). The Morgan fingerprint density at radius 2 is 2.25 bits per heavy atom. The lowest BCUT2D eigenvalue weighted by atomic mass is 9.92. The molecule has 1 heterocycles. The van der Waals surface area contributed by atoms with Crippen molar-refractivity contribution in [3.05, 3.63) is 35.4 Å². The molecule has 0 radical (unpaired) electrons. The summed E-state index contributed by atoms with van der Waals surface area (Å²) in [6, 6.07) is 3.22. The lowest BCUT2D eigenvalue weighted by Gasteiger charge is -2.36. The van der Waals surface area contributed by atoms with E-state index in [0.717, 1.165) is 31.5 Å². The third-order valence-electron chi connectivity index (χ3n) is 3.97. The molecule has 2 unspecified atom stereocenters. The van der Waals surface area contributed by atoms with Gasteiger partial charge < -0.3 is 5.11 Å². The maximum Gasteiger partial charge on any atom is 0.303 e. The summed E-state index contributed by atoms with van der Waals surface area (Å²) in [5, 5.41) is 8.86. The van der Waals surface area contributed by atoms with Gasteiger partial charge >= 0.3 is 5.97 Å². The zero-order chi connectivity index (χ0) is 14.7. The minimum Gasteiger partial charge on any atom is -0.481 e. The number of carboxylic acids is 1. The number of carbonyl (C=O) groups is 1. The Morgan fingerprint density at radius 3 is 2.95 bits per heavy atom. The Bertz CT molecular complexity index is 493. The first-order valence-electron chi connectivity index (χ1n) is 6.88. The Kier molecular flexibility index (Phi) is 4.70. The quantitative estimate of drug-likeness (QED) is 0.922. The van der Waals surface area contributed by atoms with Crippen molar-refractivity contribution >= 4 is 5.97 Å². The highest BCUT2D eigenvalue weighted by Crippen LogP contribution is 2.29. The van der Waals surface area contributed by atoms with Crippen molar-refractivity contribution in [1.82, 2.24) is 4.90 Å². The Balaban J connectivity index is 2.09. The van der Waals surface area contributed by atoms with Gasteiger partial charge in [-0.1, -0.05) is 0 Å². The fourth-order valence-corrected chi connectivity index (χ4v) is 2.89.